The molecular weight excluding hydrogens is 250 g/mol. The molecule has 0 aliphatic heterocycles. The Hall–Kier alpha value is -1.39. The van der Waals surface area contributed by atoms with Crippen molar-refractivity contribution in [1.29, 1.82) is 0 Å². The zero-order valence-corrected chi connectivity index (χ0v) is 12.4. The zero-order valence-electron chi connectivity index (χ0n) is 12.4. The van der Waals surface area contributed by atoms with E-state index < -0.39 is 0 Å². The number of carbonyl (C=O) groups excluding carboxylic acids is 1. The van der Waals surface area contributed by atoms with Gasteiger partial charge in [-0.3, -0.25) is 15.1 Å². The van der Waals surface area contributed by atoms with Gasteiger partial charge in [0.25, 0.3) is 5.91 Å². The summed E-state index contributed by atoms with van der Waals surface area (Å²) in [4.78, 5) is 14.4. The number of hydrazine groups is 1. The summed E-state index contributed by atoms with van der Waals surface area (Å²) >= 11 is 0. The lowest BCUT2D eigenvalue weighted by Gasteiger charge is -2.40. The first kappa shape index (κ1) is 15.0. The highest BCUT2D eigenvalue weighted by Gasteiger charge is 2.33. The highest BCUT2D eigenvalue weighted by molar-refractivity contribution is 5.82. The molecule has 1 aliphatic rings. The highest BCUT2D eigenvalue weighted by atomic mass is 16.2. The summed E-state index contributed by atoms with van der Waals surface area (Å²) in [6.07, 6.45) is 4.93. The monoisotopic (exact) mass is 275 g/mol. The molecule has 1 aromatic carbocycles. The Balaban J connectivity index is 2.24. The molecule has 1 saturated carbocycles. The van der Waals surface area contributed by atoms with Crippen molar-refractivity contribution < 1.29 is 4.79 Å². The number of carbonyl (C=O) groups is 1. The largest absolute Gasteiger partial charge is 0.293 e. The quantitative estimate of drug-likeness (QED) is 0.503. The lowest BCUT2D eigenvalue weighted by Crippen LogP contribution is -2.48. The van der Waals surface area contributed by atoms with Crippen LogP contribution < -0.4 is 11.3 Å². The van der Waals surface area contributed by atoms with Gasteiger partial charge in [-0.1, -0.05) is 50.1 Å². The van der Waals surface area contributed by atoms with Gasteiger partial charge in [0.2, 0.25) is 0 Å². The van der Waals surface area contributed by atoms with Gasteiger partial charge in [-0.25, -0.2) is 5.84 Å². The number of hydrogen-bond acceptors (Lipinski definition) is 3. The van der Waals surface area contributed by atoms with Crippen LogP contribution in [0.15, 0.2) is 30.3 Å². The number of nitrogens with zero attached hydrogens (tertiary/aromatic N) is 1. The standard InChI is InChI=1S/C16H25N3O/c1-12-8-6-7-11-14(12)19(2)15(16(20)18-17)13-9-4-3-5-10-13/h3-5,9-10,12,14-15H,6-8,11,17H2,1-2H3,(H,18,20). The van der Waals surface area contributed by atoms with Crippen molar-refractivity contribution in [2.45, 2.75) is 44.7 Å². The molecule has 3 N–H and O–H groups in total. The van der Waals surface area contributed by atoms with Crippen LogP contribution in [0.25, 0.3) is 0 Å². The summed E-state index contributed by atoms with van der Waals surface area (Å²) in [5.41, 5.74) is 3.31. The topological polar surface area (TPSA) is 58.4 Å². The fourth-order valence-electron chi connectivity index (χ4n) is 3.38. The van der Waals surface area contributed by atoms with E-state index in [1.807, 2.05) is 37.4 Å². The van der Waals surface area contributed by atoms with Gasteiger partial charge in [0.15, 0.2) is 0 Å². The summed E-state index contributed by atoms with van der Waals surface area (Å²) in [6, 6.07) is 9.99. The molecule has 0 heterocycles. The van der Waals surface area contributed by atoms with E-state index in [4.69, 9.17) is 5.84 Å². The average molecular weight is 275 g/mol. The van der Waals surface area contributed by atoms with E-state index in [1.54, 1.807) is 0 Å². The number of likely N-dealkylation sites (N-methyl/N-ethyl adjacent to an activating group) is 1. The molecule has 1 aliphatic carbocycles. The van der Waals surface area contributed by atoms with Crippen LogP contribution >= 0.6 is 0 Å². The van der Waals surface area contributed by atoms with Gasteiger partial charge in [-0.05, 0) is 31.4 Å². The normalized spacial score (nSPS) is 24.4. The molecular formula is C16H25N3O. The van der Waals surface area contributed by atoms with Crippen molar-refractivity contribution in [2.75, 3.05) is 7.05 Å². The lowest BCUT2D eigenvalue weighted by molar-refractivity contribution is -0.127. The molecule has 3 unspecified atom stereocenters. The molecule has 4 heteroatoms. The first-order valence-electron chi connectivity index (χ1n) is 7.42. The summed E-state index contributed by atoms with van der Waals surface area (Å²) in [6.45, 7) is 2.28. The van der Waals surface area contributed by atoms with E-state index in [0.717, 1.165) is 12.0 Å². The van der Waals surface area contributed by atoms with Crippen molar-refractivity contribution >= 4 is 5.91 Å². The minimum atomic E-state index is -0.313. The molecule has 20 heavy (non-hydrogen) atoms. The van der Waals surface area contributed by atoms with Crippen LogP contribution in [-0.4, -0.2) is 23.9 Å². The summed E-state index contributed by atoms with van der Waals surface area (Å²) in [5.74, 6) is 5.86. The highest BCUT2D eigenvalue weighted by Crippen LogP contribution is 2.32. The second-order valence-corrected chi connectivity index (χ2v) is 5.82. The minimum absolute atomic E-state index is 0.142. The minimum Gasteiger partial charge on any atom is -0.293 e. The van der Waals surface area contributed by atoms with Crippen LogP contribution in [0.5, 0.6) is 0 Å². The van der Waals surface area contributed by atoms with Gasteiger partial charge < -0.3 is 0 Å². The fourth-order valence-corrected chi connectivity index (χ4v) is 3.38. The molecule has 3 atom stereocenters. The third kappa shape index (κ3) is 3.19. The van der Waals surface area contributed by atoms with Gasteiger partial charge in [0.05, 0.1) is 0 Å². The number of rotatable bonds is 4. The van der Waals surface area contributed by atoms with Gasteiger partial charge in [-0.15, -0.1) is 0 Å². The van der Waals surface area contributed by atoms with Crippen LogP contribution in [0.1, 0.15) is 44.2 Å². The lowest BCUT2D eigenvalue weighted by atomic mass is 9.84. The number of nitrogens with one attached hydrogen (secondary N) is 1. The fraction of sp³-hybridized carbons (Fsp3) is 0.562. The van der Waals surface area contributed by atoms with Crippen molar-refractivity contribution in [3.8, 4) is 0 Å². The van der Waals surface area contributed by atoms with Crippen LogP contribution in [0, 0.1) is 5.92 Å². The van der Waals surface area contributed by atoms with Gasteiger partial charge in [-0.2, -0.15) is 0 Å². The number of benzene rings is 1. The first-order chi connectivity index (χ1) is 9.65. The van der Waals surface area contributed by atoms with Crippen molar-refractivity contribution in [3.05, 3.63) is 35.9 Å². The number of amides is 1. The maximum atomic E-state index is 12.2. The van der Waals surface area contributed by atoms with Crippen LogP contribution in [0.2, 0.25) is 0 Å². The van der Waals surface area contributed by atoms with E-state index in [0.29, 0.717) is 12.0 Å². The summed E-state index contributed by atoms with van der Waals surface area (Å²) < 4.78 is 0. The SMILES string of the molecule is CC1CCCCC1N(C)C(C(=O)NN)c1ccccc1. The molecule has 4 nitrogen and oxygen atoms in total. The zero-order chi connectivity index (χ0) is 14.5. The van der Waals surface area contributed by atoms with Crippen LogP contribution in [0.4, 0.5) is 0 Å². The van der Waals surface area contributed by atoms with Crippen LogP contribution in [-0.2, 0) is 4.79 Å². The van der Waals surface area contributed by atoms with E-state index >= 15 is 0 Å². The van der Waals surface area contributed by atoms with E-state index in [-0.39, 0.29) is 11.9 Å². The Bertz CT molecular complexity index is 435. The Morgan fingerprint density at radius 1 is 1.30 bits per heavy atom. The van der Waals surface area contributed by atoms with E-state index in [1.165, 1.54) is 19.3 Å². The maximum absolute atomic E-state index is 12.2. The predicted molar refractivity (Wildman–Crippen MR) is 80.7 cm³/mol. The second-order valence-electron chi connectivity index (χ2n) is 5.82. The van der Waals surface area contributed by atoms with Crippen molar-refractivity contribution in [2.24, 2.45) is 11.8 Å². The average Bonchev–Trinajstić information content (AvgIpc) is 2.48. The molecule has 1 aromatic rings. The van der Waals surface area contributed by atoms with E-state index in [2.05, 4.69) is 17.2 Å². The molecule has 1 amide bonds. The van der Waals surface area contributed by atoms with Gasteiger partial charge >= 0.3 is 0 Å². The predicted octanol–water partition coefficient (Wildman–Crippen LogP) is 2.23. The Kier molecular flexibility index (Phi) is 5.15. The van der Waals surface area contributed by atoms with Crippen molar-refractivity contribution in [3.63, 3.8) is 0 Å². The van der Waals surface area contributed by atoms with Crippen molar-refractivity contribution in [1.82, 2.24) is 10.3 Å². The molecule has 0 radical (unpaired) electrons. The van der Waals surface area contributed by atoms with Crippen LogP contribution in [0.3, 0.4) is 0 Å². The Morgan fingerprint density at radius 2 is 1.95 bits per heavy atom. The summed E-state index contributed by atoms with van der Waals surface area (Å²) in [5, 5.41) is 0. The Morgan fingerprint density at radius 3 is 2.55 bits per heavy atom. The number of nitrogens with two attached hydrogens (primary N) is 1. The first-order valence-corrected chi connectivity index (χ1v) is 7.42. The third-order valence-electron chi connectivity index (χ3n) is 4.50. The molecule has 1 fully saturated rings. The smallest absolute Gasteiger partial charge is 0.255 e. The van der Waals surface area contributed by atoms with E-state index in [9.17, 15) is 4.79 Å². The molecule has 110 valence electrons. The molecule has 0 bridgehead atoms. The second kappa shape index (κ2) is 6.86. The molecule has 2 rings (SSSR count). The van der Waals surface area contributed by atoms with Gasteiger partial charge in [0, 0.05) is 6.04 Å². The Labute approximate surface area is 121 Å². The molecule has 0 saturated heterocycles. The number of hydrogen-bond donors (Lipinski definition) is 2. The maximum Gasteiger partial charge on any atom is 0.255 e. The third-order valence-corrected chi connectivity index (χ3v) is 4.50. The molecule has 0 aromatic heterocycles. The van der Waals surface area contributed by atoms with Gasteiger partial charge in [0.1, 0.15) is 6.04 Å². The summed E-state index contributed by atoms with van der Waals surface area (Å²) in [7, 11) is 2.04. The molecule has 0 spiro atoms.